The van der Waals surface area contributed by atoms with Gasteiger partial charge in [-0.15, -0.1) is 0 Å². The van der Waals surface area contributed by atoms with Crippen molar-refractivity contribution in [1.29, 1.82) is 0 Å². The van der Waals surface area contributed by atoms with Gasteiger partial charge in [-0.3, -0.25) is 9.27 Å². The molecule has 0 spiro atoms. The minimum atomic E-state index is -4.29. The highest BCUT2D eigenvalue weighted by atomic mass is 32.2. The number of rotatable bonds is 2. The standard InChI is InChI=1S/C6H8N2O4S/c7-5-3-4(1-2-6(5)9)8-13(10,11)12/h1-3,8-9H,7H2,(H,10,11,12). The van der Waals surface area contributed by atoms with Crippen molar-refractivity contribution in [3.8, 4) is 5.75 Å². The van der Waals surface area contributed by atoms with Gasteiger partial charge in [0, 0.05) is 0 Å². The lowest BCUT2D eigenvalue weighted by molar-refractivity contribution is 0.477. The fraction of sp³-hybridized carbons (Fsp3) is 0. The van der Waals surface area contributed by atoms with Crippen molar-refractivity contribution in [1.82, 2.24) is 0 Å². The topological polar surface area (TPSA) is 113 Å². The van der Waals surface area contributed by atoms with E-state index in [9.17, 15) is 8.42 Å². The lowest BCUT2D eigenvalue weighted by Crippen LogP contribution is -2.10. The summed E-state index contributed by atoms with van der Waals surface area (Å²) in [6.07, 6.45) is 0. The molecule has 0 radical (unpaired) electrons. The van der Waals surface area contributed by atoms with Gasteiger partial charge in [0.25, 0.3) is 0 Å². The maximum Gasteiger partial charge on any atom is 0.357 e. The second-order valence-electron chi connectivity index (χ2n) is 2.35. The zero-order chi connectivity index (χ0) is 10.1. The largest absolute Gasteiger partial charge is 0.506 e. The van der Waals surface area contributed by atoms with Gasteiger partial charge in [-0.25, -0.2) is 0 Å². The smallest absolute Gasteiger partial charge is 0.357 e. The molecule has 1 rings (SSSR count). The van der Waals surface area contributed by atoms with E-state index in [1.807, 2.05) is 0 Å². The zero-order valence-electron chi connectivity index (χ0n) is 6.43. The minimum absolute atomic E-state index is 0.0219. The highest BCUT2D eigenvalue weighted by molar-refractivity contribution is 7.87. The van der Waals surface area contributed by atoms with E-state index in [0.29, 0.717) is 0 Å². The van der Waals surface area contributed by atoms with Crippen LogP contribution in [0.1, 0.15) is 0 Å². The Morgan fingerprint density at radius 3 is 2.46 bits per heavy atom. The van der Waals surface area contributed by atoms with Crippen molar-refractivity contribution in [3.05, 3.63) is 18.2 Å². The van der Waals surface area contributed by atoms with Crippen LogP contribution in [0, 0.1) is 0 Å². The third-order valence-corrected chi connectivity index (χ3v) is 1.77. The quantitative estimate of drug-likeness (QED) is 0.238. The molecule has 0 aliphatic rings. The van der Waals surface area contributed by atoms with Crippen LogP contribution in [0.15, 0.2) is 18.2 Å². The van der Waals surface area contributed by atoms with Gasteiger partial charge in [0.15, 0.2) is 0 Å². The van der Waals surface area contributed by atoms with Crippen molar-refractivity contribution < 1.29 is 18.1 Å². The van der Waals surface area contributed by atoms with Gasteiger partial charge in [0.05, 0.1) is 11.4 Å². The van der Waals surface area contributed by atoms with Gasteiger partial charge in [-0.05, 0) is 18.2 Å². The zero-order valence-corrected chi connectivity index (χ0v) is 7.25. The van der Waals surface area contributed by atoms with Gasteiger partial charge in [-0.1, -0.05) is 0 Å². The molecule has 0 aromatic heterocycles. The summed E-state index contributed by atoms with van der Waals surface area (Å²) in [6.45, 7) is 0. The summed E-state index contributed by atoms with van der Waals surface area (Å²) in [4.78, 5) is 0. The molecule has 0 aliphatic carbocycles. The number of nitrogen functional groups attached to an aromatic ring is 1. The molecule has 72 valence electrons. The Kier molecular flexibility index (Phi) is 2.30. The average molecular weight is 204 g/mol. The van der Waals surface area contributed by atoms with Crippen LogP contribution in [-0.4, -0.2) is 18.1 Å². The number of hydrogen-bond donors (Lipinski definition) is 4. The molecule has 0 bridgehead atoms. The van der Waals surface area contributed by atoms with Crippen molar-refractivity contribution in [2.45, 2.75) is 0 Å². The Hall–Kier alpha value is -1.47. The molecule has 0 saturated heterocycles. The van der Waals surface area contributed by atoms with Crippen LogP contribution in [0.5, 0.6) is 5.75 Å². The summed E-state index contributed by atoms with van der Waals surface area (Å²) in [7, 11) is -4.29. The van der Waals surface area contributed by atoms with Crippen LogP contribution in [0.3, 0.4) is 0 Å². The first-order valence-electron chi connectivity index (χ1n) is 3.22. The Bertz CT molecular complexity index is 415. The van der Waals surface area contributed by atoms with Gasteiger partial charge in [-0.2, -0.15) is 8.42 Å². The predicted molar refractivity (Wildman–Crippen MR) is 47.7 cm³/mol. The molecule has 13 heavy (non-hydrogen) atoms. The molecule has 6 nitrogen and oxygen atoms in total. The Labute approximate surface area is 74.9 Å². The number of anilines is 2. The van der Waals surface area contributed by atoms with E-state index in [-0.39, 0.29) is 17.1 Å². The van der Waals surface area contributed by atoms with Crippen molar-refractivity contribution >= 4 is 21.7 Å². The second kappa shape index (κ2) is 3.11. The normalized spacial score (nSPS) is 11.2. The molecule has 0 saturated carbocycles. The number of aromatic hydroxyl groups is 1. The average Bonchev–Trinajstić information content (AvgIpc) is 1.94. The van der Waals surface area contributed by atoms with E-state index in [4.69, 9.17) is 15.4 Å². The van der Waals surface area contributed by atoms with E-state index in [1.165, 1.54) is 18.2 Å². The lowest BCUT2D eigenvalue weighted by Gasteiger charge is -2.04. The Morgan fingerprint density at radius 1 is 1.38 bits per heavy atom. The van der Waals surface area contributed by atoms with E-state index in [1.54, 1.807) is 4.72 Å². The minimum Gasteiger partial charge on any atom is -0.506 e. The monoisotopic (exact) mass is 204 g/mol. The van der Waals surface area contributed by atoms with Crippen molar-refractivity contribution in [2.24, 2.45) is 0 Å². The molecule has 1 aromatic rings. The molecule has 1 aromatic carbocycles. The molecule has 0 atom stereocenters. The Morgan fingerprint density at radius 2 is 2.00 bits per heavy atom. The summed E-state index contributed by atoms with van der Waals surface area (Å²) in [6, 6.07) is 3.66. The molecule has 0 heterocycles. The number of phenols is 1. The first kappa shape index (κ1) is 9.62. The maximum atomic E-state index is 10.3. The van der Waals surface area contributed by atoms with E-state index >= 15 is 0 Å². The third-order valence-electron chi connectivity index (χ3n) is 1.27. The summed E-state index contributed by atoms with van der Waals surface area (Å²) in [5, 5.41) is 8.98. The molecule has 7 heteroatoms. The van der Waals surface area contributed by atoms with Crippen LogP contribution in [0.25, 0.3) is 0 Å². The lowest BCUT2D eigenvalue weighted by atomic mass is 10.3. The molecule has 0 amide bonds. The number of nitrogens with two attached hydrogens (primary N) is 1. The van der Waals surface area contributed by atoms with Crippen LogP contribution in [0.4, 0.5) is 11.4 Å². The van der Waals surface area contributed by atoms with Gasteiger partial charge in [0.1, 0.15) is 5.75 Å². The summed E-state index contributed by atoms with van der Waals surface area (Å²) >= 11 is 0. The van der Waals surface area contributed by atoms with Crippen molar-refractivity contribution in [3.63, 3.8) is 0 Å². The SMILES string of the molecule is Nc1cc(NS(=O)(=O)O)ccc1O. The van der Waals surface area contributed by atoms with Crippen molar-refractivity contribution in [2.75, 3.05) is 10.5 Å². The fourth-order valence-electron chi connectivity index (χ4n) is 0.767. The highest BCUT2D eigenvalue weighted by Crippen LogP contribution is 2.23. The molecule has 0 unspecified atom stereocenters. The number of benzene rings is 1. The number of nitrogens with one attached hydrogen (secondary N) is 1. The predicted octanol–water partition coefficient (Wildman–Crippen LogP) is 0.189. The van der Waals surface area contributed by atoms with Crippen LogP contribution >= 0.6 is 0 Å². The Balaban J connectivity index is 2.99. The third kappa shape index (κ3) is 2.80. The van der Waals surface area contributed by atoms with Gasteiger partial charge in [0.2, 0.25) is 0 Å². The second-order valence-corrected chi connectivity index (χ2v) is 3.50. The first-order chi connectivity index (χ1) is 5.88. The number of hydrogen-bond acceptors (Lipinski definition) is 4. The summed E-state index contributed by atoms with van der Waals surface area (Å²) in [5.74, 6) is -0.152. The van der Waals surface area contributed by atoms with E-state index in [2.05, 4.69) is 0 Å². The molecule has 0 aliphatic heterocycles. The van der Waals surface area contributed by atoms with Crippen LogP contribution in [-0.2, 0) is 10.3 Å². The highest BCUT2D eigenvalue weighted by Gasteiger charge is 2.05. The first-order valence-corrected chi connectivity index (χ1v) is 4.66. The van der Waals surface area contributed by atoms with Gasteiger partial charge >= 0.3 is 10.3 Å². The van der Waals surface area contributed by atoms with Gasteiger partial charge < -0.3 is 10.8 Å². The molecular formula is C6H8N2O4S. The number of phenolic OH excluding ortho intramolecular Hbond substituents is 1. The summed E-state index contributed by atoms with van der Waals surface area (Å²) in [5.41, 5.74) is 5.38. The van der Waals surface area contributed by atoms with E-state index in [0.717, 1.165) is 0 Å². The fourth-order valence-corrected chi connectivity index (χ4v) is 1.19. The van der Waals surface area contributed by atoms with E-state index < -0.39 is 10.3 Å². The van der Waals surface area contributed by atoms with Crippen LogP contribution in [0.2, 0.25) is 0 Å². The maximum absolute atomic E-state index is 10.3. The molecule has 0 fully saturated rings. The summed E-state index contributed by atoms with van der Waals surface area (Å²) < 4.78 is 30.9. The van der Waals surface area contributed by atoms with Crippen LogP contribution < -0.4 is 10.5 Å². The molecule has 5 N–H and O–H groups in total. The molecular weight excluding hydrogens is 196 g/mol.